The quantitative estimate of drug-likeness (QED) is 0.651. The number of Topliss-reactive ketones (excluding diaryl/α,β-unsaturated/α-hetero) is 7. The Hall–Kier alpha value is -2.31. The molecule has 0 radical (unpaired) electrons. The van der Waals surface area contributed by atoms with Gasteiger partial charge in [-0.3, -0.25) is 33.6 Å². The van der Waals surface area contributed by atoms with E-state index in [0.29, 0.717) is 0 Å². The minimum atomic E-state index is -2.67. The van der Waals surface area contributed by atoms with Gasteiger partial charge in [-0.2, -0.15) is 0 Å². The maximum absolute atomic E-state index is 12.8. The van der Waals surface area contributed by atoms with Crippen molar-refractivity contribution in [2.75, 3.05) is 0 Å². The molecule has 0 bridgehead atoms. The van der Waals surface area contributed by atoms with E-state index < -0.39 is 69.6 Å². The predicted molar refractivity (Wildman–Crippen MR) is 85.6 cm³/mol. The lowest BCUT2D eigenvalue weighted by Gasteiger charge is -2.55. The molecule has 1 aliphatic carbocycles. The van der Waals surface area contributed by atoms with Crippen molar-refractivity contribution in [3.63, 3.8) is 0 Å². The van der Waals surface area contributed by atoms with Gasteiger partial charge >= 0.3 is 0 Å². The largest absolute Gasteiger partial charge is 0.299 e. The van der Waals surface area contributed by atoms with Crippen LogP contribution < -0.4 is 0 Å². The Kier molecular flexibility index (Phi) is 5.14. The summed E-state index contributed by atoms with van der Waals surface area (Å²) in [6, 6.07) is 0. The molecule has 1 fully saturated rings. The van der Waals surface area contributed by atoms with E-state index in [0.717, 1.165) is 41.5 Å². The Bertz CT molecular complexity index is 684. The molecule has 0 aliphatic heterocycles. The van der Waals surface area contributed by atoms with E-state index in [9.17, 15) is 33.6 Å². The van der Waals surface area contributed by atoms with Gasteiger partial charge in [0.15, 0.2) is 22.8 Å². The maximum atomic E-state index is 12.8. The fraction of sp³-hybridized carbons (Fsp3) is 0.611. The van der Waals surface area contributed by atoms with Crippen LogP contribution in [0, 0.1) is 16.2 Å². The fourth-order valence-electron chi connectivity index (χ4n) is 4.88. The van der Waals surface area contributed by atoms with Crippen molar-refractivity contribution >= 4 is 40.5 Å². The van der Waals surface area contributed by atoms with Crippen molar-refractivity contribution in [2.45, 2.75) is 54.4 Å². The zero-order valence-electron chi connectivity index (χ0n) is 15.3. The Labute approximate surface area is 145 Å². The van der Waals surface area contributed by atoms with Gasteiger partial charge in [-0.05, 0) is 48.0 Å². The van der Waals surface area contributed by atoms with Crippen LogP contribution in [0.3, 0.4) is 0 Å². The number of rotatable bonds is 6. The molecule has 1 rings (SSSR count). The summed E-state index contributed by atoms with van der Waals surface area (Å²) < 4.78 is 0. The molecule has 0 aromatic carbocycles. The van der Waals surface area contributed by atoms with Gasteiger partial charge in [-0.1, -0.05) is 0 Å². The second kappa shape index (κ2) is 6.20. The molecule has 1 saturated carbocycles. The van der Waals surface area contributed by atoms with E-state index in [1.807, 2.05) is 0 Å². The molecule has 1 aliphatic rings. The number of carbonyl (C=O) groups is 7. The molecule has 0 unspecified atom stereocenters. The number of carbonyl (C=O) groups excluding carboxylic acids is 7. The SMILES string of the molecule is CC(=O)C1(C(C)=O)CCC(=O)C(C(C)=O)(C(C)=O)C1(C(C)=O)C(C)=O. The summed E-state index contributed by atoms with van der Waals surface area (Å²) >= 11 is 0. The van der Waals surface area contributed by atoms with Crippen LogP contribution in [0.2, 0.25) is 0 Å². The third kappa shape index (κ3) is 2.07. The first-order chi connectivity index (χ1) is 11.3. The molecule has 136 valence electrons. The van der Waals surface area contributed by atoms with Gasteiger partial charge in [0.1, 0.15) is 34.0 Å². The summed E-state index contributed by atoms with van der Waals surface area (Å²) in [5, 5.41) is 0. The molecule has 0 N–H and O–H groups in total. The molecule has 0 amide bonds. The zero-order chi connectivity index (χ0) is 20.0. The molecule has 0 atom stereocenters. The summed E-state index contributed by atoms with van der Waals surface area (Å²) in [6.07, 6.45) is -0.821. The lowest BCUT2D eigenvalue weighted by Crippen LogP contribution is -2.75. The minimum Gasteiger partial charge on any atom is -0.299 e. The third-order valence-electron chi connectivity index (χ3n) is 5.66. The Morgan fingerprint density at radius 3 is 1.24 bits per heavy atom. The normalized spacial score (nSPS) is 20.5. The fourth-order valence-corrected chi connectivity index (χ4v) is 4.88. The monoisotopic (exact) mass is 350 g/mol. The van der Waals surface area contributed by atoms with Crippen LogP contribution in [0.1, 0.15) is 54.4 Å². The third-order valence-corrected chi connectivity index (χ3v) is 5.66. The molecule has 0 spiro atoms. The number of hydrogen-bond donors (Lipinski definition) is 0. The number of hydrogen-bond acceptors (Lipinski definition) is 7. The molecule has 25 heavy (non-hydrogen) atoms. The van der Waals surface area contributed by atoms with Crippen molar-refractivity contribution in [3.8, 4) is 0 Å². The van der Waals surface area contributed by atoms with E-state index in [2.05, 4.69) is 0 Å². The van der Waals surface area contributed by atoms with E-state index in [-0.39, 0.29) is 0 Å². The van der Waals surface area contributed by atoms with Crippen molar-refractivity contribution < 1.29 is 33.6 Å². The second-order valence-corrected chi connectivity index (χ2v) is 6.67. The Morgan fingerprint density at radius 2 is 1.00 bits per heavy atom. The lowest BCUT2D eigenvalue weighted by atomic mass is 9.38. The summed E-state index contributed by atoms with van der Waals surface area (Å²) in [4.78, 5) is 88.6. The molecular weight excluding hydrogens is 328 g/mol. The highest BCUT2D eigenvalue weighted by Crippen LogP contribution is 2.61. The van der Waals surface area contributed by atoms with E-state index in [1.54, 1.807) is 0 Å². The van der Waals surface area contributed by atoms with Crippen LogP contribution in [0.15, 0.2) is 0 Å². The van der Waals surface area contributed by atoms with E-state index in [1.165, 1.54) is 0 Å². The number of ketones is 7. The van der Waals surface area contributed by atoms with Crippen LogP contribution in [0.5, 0.6) is 0 Å². The minimum absolute atomic E-state index is 0.391. The lowest BCUT2D eigenvalue weighted by molar-refractivity contribution is -0.189. The van der Waals surface area contributed by atoms with Crippen molar-refractivity contribution in [1.82, 2.24) is 0 Å². The topological polar surface area (TPSA) is 119 Å². The van der Waals surface area contributed by atoms with Gasteiger partial charge in [0, 0.05) is 6.42 Å². The Balaban J connectivity index is 4.37. The summed E-state index contributed by atoms with van der Waals surface area (Å²) in [5.74, 6) is -6.58. The molecular formula is C18H22O7. The molecule has 0 aromatic rings. The average molecular weight is 350 g/mol. The predicted octanol–water partition coefficient (Wildman–Crippen LogP) is 0.843. The van der Waals surface area contributed by atoms with Gasteiger partial charge in [0.25, 0.3) is 0 Å². The van der Waals surface area contributed by atoms with Crippen molar-refractivity contribution in [3.05, 3.63) is 0 Å². The zero-order valence-corrected chi connectivity index (χ0v) is 15.3. The highest BCUT2D eigenvalue weighted by atomic mass is 16.2. The molecule has 7 nitrogen and oxygen atoms in total. The van der Waals surface area contributed by atoms with E-state index >= 15 is 0 Å². The first kappa shape index (κ1) is 20.7. The van der Waals surface area contributed by atoms with Crippen LogP contribution >= 0.6 is 0 Å². The van der Waals surface area contributed by atoms with Crippen molar-refractivity contribution in [1.29, 1.82) is 0 Å². The Morgan fingerprint density at radius 1 is 0.640 bits per heavy atom. The first-order valence-electron chi connectivity index (χ1n) is 7.89. The van der Waals surface area contributed by atoms with Crippen LogP contribution in [-0.2, 0) is 33.6 Å². The maximum Gasteiger partial charge on any atom is 0.165 e. The first-order valence-corrected chi connectivity index (χ1v) is 7.89. The van der Waals surface area contributed by atoms with Gasteiger partial charge in [-0.15, -0.1) is 0 Å². The van der Waals surface area contributed by atoms with E-state index in [4.69, 9.17) is 0 Å². The summed E-state index contributed by atoms with van der Waals surface area (Å²) in [5.41, 5.74) is -7.55. The highest BCUT2D eigenvalue weighted by Gasteiger charge is 2.80. The average Bonchev–Trinajstić information content (AvgIpc) is 2.44. The second-order valence-electron chi connectivity index (χ2n) is 6.67. The summed E-state index contributed by atoms with van der Waals surface area (Å²) in [7, 11) is 0. The standard InChI is InChI=1S/C18H22O7/c1-9(19)16(10(2)20)8-7-15(25)17(11(3)21,12(4)22)18(16,13(5)23)14(6)24/h7-8H2,1-6H3. The van der Waals surface area contributed by atoms with Crippen LogP contribution in [-0.4, -0.2) is 40.5 Å². The molecule has 0 aromatic heterocycles. The van der Waals surface area contributed by atoms with Crippen molar-refractivity contribution in [2.24, 2.45) is 16.2 Å². The smallest absolute Gasteiger partial charge is 0.165 e. The highest BCUT2D eigenvalue weighted by molar-refractivity contribution is 6.35. The van der Waals surface area contributed by atoms with Gasteiger partial charge in [-0.25, -0.2) is 0 Å². The summed E-state index contributed by atoms with van der Waals surface area (Å²) in [6.45, 7) is 5.78. The molecule has 0 saturated heterocycles. The molecule has 0 heterocycles. The van der Waals surface area contributed by atoms with Crippen LogP contribution in [0.4, 0.5) is 0 Å². The van der Waals surface area contributed by atoms with Gasteiger partial charge in [0.05, 0.1) is 0 Å². The molecule has 7 heteroatoms. The van der Waals surface area contributed by atoms with Gasteiger partial charge in [0.2, 0.25) is 0 Å². The van der Waals surface area contributed by atoms with Gasteiger partial charge < -0.3 is 0 Å². The van der Waals surface area contributed by atoms with Crippen LogP contribution in [0.25, 0.3) is 0 Å².